The molecule has 20 heavy (non-hydrogen) atoms. The summed E-state index contributed by atoms with van der Waals surface area (Å²) < 4.78 is 0. The molecule has 2 aliphatic rings. The number of nitrogens with zero attached hydrogens (tertiary/aromatic N) is 1. The van der Waals surface area contributed by atoms with E-state index >= 15 is 0 Å². The van der Waals surface area contributed by atoms with Gasteiger partial charge in [0.1, 0.15) is 0 Å². The molecular formula is C17H34N2O. The van der Waals surface area contributed by atoms with Gasteiger partial charge in [0.05, 0.1) is 0 Å². The third-order valence-electron chi connectivity index (χ3n) is 5.69. The van der Waals surface area contributed by atoms with E-state index in [2.05, 4.69) is 18.7 Å². The van der Waals surface area contributed by atoms with Crippen molar-refractivity contribution >= 4 is 0 Å². The lowest BCUT2D eigenvalue weighted by molar-refractivity contribution is 0.0703. The Labute approximate surface area is 124 Å². The molecule has 0 spiro atoms. The molecule has 0 aromatic heterocycles. The lowest BCUT2D eigenvalue weighted by atomic mass is 9.73. The van der Waals surface area contributed by atoms with E-state index in [4.69, 9.17) is 10.8 Å². The summed E-state index contributed by atoms with van der Waals surface area (Å²) in [4.78, 5) is 2.63. The van der Waals surface area contributed by atoms with Crippen molar-refractivity contribution in [2.45, 2.75) is 70.9 Å². The van der Waals surface area contributed by atoms with Gasteiger partial charge in [0, 0.05) is 31.8 Å². The highest BCUT2D eigenvalue weighted by Crippen LogP contribution is 2.35. The van der Waals surface area contributed by atoms with Gasteiger partial charge in [-0.05, 0) is 56.3 Å². The molecule has 0 bridgehead atoms. The molecule has 3 nitrogen and oxygen atoms in total. The molecule has 0 aromatic carbocycles. The standard InChI is InChI=1S/C17H34N2O/c1-13(2)14-7-8-17(18)15(11-14)12-19(9-4-10-20)16-5-3-6-16/h13-17,20H,3-12,18H2,1-2H3. The van der Waals surface area contributed by atoms with Gasteiger partial charge in [-0.3, -0.25) is 4.90 Å². The first kappa shape index (κ1) is 16.3. The van der Waals surface area contributed by atoms with Crippen LogP contribution in [0.25, 0.3) is 0 Å². The normalized spacial score (nSPS) is 31.8. The first-order chi connectivity index (χ1) is 9.61. The fourth-order valence-corrected chi connectivity index (χ4v) is 3.89. The second-order valence-corrected chi connectivity index (χ2v) is 7.40. The predicted molar refractivity (Wildman–Crippen MR) is 84.6 cm³/mol. The maximum absolute atomic E-state index is 9.11. The van der Waals surface area contributed by atoms with Crippen molar-refractivity contribution < 1.29 is 5.11 Å². The second-order valence-electron chi connectivity index (χ2n) is 7.40. The number of aliphatic hydroxyl groups is 1. The number of nitrogens with two attached hydrogens (primary N) is 1. The Hall–Kier alpha value is -0.120. The smallest absolute Gasteiger partial charge is 0.0443 e. The van der Waals surface area contributed by atoms with Gasteiger partial charge in [0.25, 0.3) is 0 Å². The quantitative estimate of drug-likeness (QED) is 0.754. The average Bonchev–Trinajstić information content (AvgIpc) is 2.36. The summed E-state index contributed by atoms with van der Waals surface area (Å²) in [5, 5.41) is 9.11. The monoisotopic (exact) mass is 282 g/mol. The van der Waals surface area contributed by atoms with E-state index < -0.39 is 0 Å². The molecule has 0 heterocycles. The SMILES string of the molecule is CC(C)C1CCC(N)C(CN(CCCO)C2CCC2)C1. The van der Waals surface area contributed by atoms with Crippen LogP contribution in [-0.2, 0) is 0 Å². The van der Waals surface area contributed by atoms with Crippen molar-refractivity contribution in [1.82, 2.24) is 4.90 Å². The predicted octanol–water partition coefficient (Wildman–Crippen LogP) is 2.62. The zero-order valence-corrected chi connectivity index (χ0v) is 13.4. The van der Waals surface area contributed by atoms with Crippen LogP contribution in [-0.4, -0.2) is 41.8 Å². The Morgan fingerprint density at radius 3 is 2.50 bits per heavy atom. The van der Waals surface area contributed by atoms with Crippen LogP contribution in [0.1, 0.15) is 58.8 Å². The fourth-order valence-electron chi connectivity index (χ4n) is 3.89. The molecule has 0 saturated heterocycles. The summed E-state index contributed by atoms with van der Waals surface area (Å²) in [5.74, 6) is 2.32. The van der Waals surface area contributed by atoms with Crippen molar-refractivity contribution in [1.29, 1.82) is 0 Å². The highest BCUT2D eigenvalue weighted by atomic mass is 16.3. The Balaban J connectivity index is 1.89. The van der Waals surface area contributed by atoms with Gasteiger partial charge in [-0.25, -0.2) is 0 Å². The Bertz CT molecular complexity index is 278. The van der Waals surface area contributed by atoms with Crippen LogP contribution >= 0.6 is 0 Å². The lowest BCUT2D eigenvalue weighted by Gasteiger charge is -2.43. The van der Waals surface area contributed by atoms with Crippen molar-refractivity contribution in [3.63, 3.8) is 0 Å². The summed E-state index contributed by atoms with van der Waals surface area (Å²) in [7, 11) is 0. The molecule has 2 fully saturated rings. The number of hydrogen-bond acceptors (Lipinski definition) is 3. The van der Waals surface area contributed by atoms with Crippen LogP contribution < -0.4 is 5.73 Å². The molecule has 0 radical (unpaired) electrons. The van der Waals surface area contributed by atoms with Crippen LogP contribution in [0, 0.1) is 17.8 Å². The molecule has 2 rings (SSSR count). The van der Waals surface area contributed by atoms with E-state index in [1.165, 1.54) is 38.5 Å². The fraction of sp³-hybridized carbons (Fsp3) is 1.00. The number of hydrogen-bond donors (Lipinski definition) is 2. The zero-order valence-electron chi connectivity index (χ0n) is 13.4. The van der Waals surface area contributed by atoms with Gasteiger partial charge in [-0.1, -0.05) is 20.3 Å². The molecule has 2 aliphatic carbocycles. The first-order valence-corrected chi connectivity index (χ1v) is 8.72. The topological polar surface area (TPSA) is 49.5 Å². The van der Waals surface area contributed by atoms with E-state index in [0.717, 1.165) is 37.4 Å². The Kier molecular flexibility index (Phi) is 6.31. The summed E-state index contributed by atoms with van der Waals surface area (Å²) in [6, 6.07) is 1.16. The molecule has 118 valence electrons. The van der Waals surface area contributed by atoms with Crippen molar-refractivity contribution in [3.8, 4) is 0 Å². The molecule has 3 unspecified atom stereocenters. The Morgan fingerprint density at radius 1 is 1.20 bits per heavy atom. The van der Waals surface area contributed by atoms with Crippen LogP contribution in [0.15, 0.2) is 0 Å². The summed E-state index contributed by atoms with van der Waals surface area (Å²) in [5.41, 5.74) is 6.40. The summed E-state index contributed by atoms with van der Waals surface area (Å²) in [6.07, 6.45) is 8.81. The highest BCUT2D eigenvalue weighted by molar-refractivity contribution is 4.88. The van der Waals surface area contributed by atoms with Crippen LogP contribution in [0.4, 0.5) is 0 Å². The lowest BCUT2D eigenvalue weighted by Crippen LogP contribution is -2.49. The minimum atomic E-state index is 0.314. The average molecular weight is 282 g/mol. The van der Waals surface area contributed by atoms with Crippen molar-refractivity contribution in [3.05, 3.63) is 0 Å². The Morgan fingerprint density at radius 2 is 1.95 bits per heavy atom. The minimum Gasteiger partial charge on any atom is -0.396 e. The van der Waals surface area contributed by atoms with E-state index in [1.54, 1.807) is 0 Å². The molecule has 3 atom stereocenters. The summed E-state index contributed by atoms with van der Waals surface area (Å²) >= 11 is 0. The zero-order chi connectivity index (χ0) is 14.5. The number of aliphatic hydroxyl groups excluding tert-OH is 1. The molecule has 0 amide bonds. The van der Waals surface area contributed by atoms with Crippen molar-refractivity contribution in [2.75, 3.05) is 19.7 Å². The molecule has 2 saturated carbocycles. The molecule has 3 N–H and O–H groups in total. The van der Waals surface area contributed by atoms with E-state index in [0.29, 0.717) is 18.6 Å². The van der Waals surface area contributed by atoms with E-state index in [-0.39, 0.29) is 0 Å². The highest BCUT2D eigenvalue weighted by Gasteiger charge is 2.33. The maximum atomic E-state index is 9.11. The van der Waals surface area contributed by atoms with Crippen LogP contribution in [0.3, 0.4) is 0 Å². The number of rotatable bonds is 7. The van der Waals surface area contributed by atoms with E-state index in [1.807, 2.05) is 0 Å². The summed E-state index contributed by atoms with van der Waals surface area (Å²) in [6.45, 7) is 7.24. The van der Waals surface area contributed by atoms with Gasteiger partial charge in [0.2, 0.25) is 0 Å². The largest absolute Gasteiger partial charge is 0.396 e. The third kappa shape index (κ3) is 4.19. The molecule has 0 aliphatic heterocycles. The van der Waals surface area contributed by atoms with E-state index in [9.17, 15) is 0 Å². The first-order valence-electron chi connectivity index (χ1n) is 8.72. The van der Waals surface area contributed by atoms with Crippen molar-refractivity contribution in [2.24, 2.45) is 23.5 Å². The second kappa shape index (κ2) is 7.77. The van der Waals surface area contributed by atoms with Gasteiger partial charge in [-0.2, -0.15) is 0 Å². The van der Waals surface area contributed by atoms with Gasteiger partial charge in [0.15, 0.2) is 0 Å². The molecule has 3 heteroatoms. The van der Waals surface area contributed by atoms with Crippen LogP contribution in [0.5, 0.6) is 0 Å². The van der Waals surface area contributed by atoms with Crippen LogP contribution in [0.2, 0.25) is 0 Å². The maximum Gasteiger partial charge on any atom is 0.0443 e. The molecule has 0 aromatic rings. The van der Waals surface area contributed by atoms with Gasteiger partial charge >= 0.3 is 0 Å². The third-order valence-corrected chi connectivity index (χ3v) is 5.69. The van der Waals surface area contributed by atoms with Gasteiger partial charge in [-0.15, -0.1) is 0 Å². The van der Waals surface area contributed by atoms with Gasteiger partial charge < -0.3 is 10.8 Å². The molecular weight excluding hydrogens is 248 g/mol. The minimum absolute atomic E-state index is 0.314.